The molecule has 10 heteroatoms. The lowest BCUT2D eigenvalue weighted by molar-refractivity contribution is -0.121. The van der Waals surface area contributed by atoms with Gasteiger partial charge in [-0.05, 0) is 37.5 Å². The Morgan fingerprint density at radius 1 is 1.11 bits per heavy atom. The highest BCUT2D eigenvalue weighted by Crippen LogP contribution is 2.29. The number of sulfonamides is 1. The standard InChI is InChI=1S/C26H33N5O3S2/c1-21(25(32)29-26(20-27)12-6-3-7-13-26)35-24-11-10-23(18-28-24)36(33,34)31-16-14-30(15-17-31)19-22-8-4-2-5-9-22/h2,4-5,8-11,18,21H,3,6-7,12-17,19H2,1H3,(H,29,32). The van der Waals surface area contributed by atoms with Crippen LogP contribution in [0.2, 0.25) is 0 Å². The predicted octanol–water partition coefficient (Wildman–Crippen LogP) is 3.41. The lowest BCUT2D eigenvalue weighted by atomic mass is 9.83. The van der Waals surface area contributed by atoms with Crippen LogP contribution in [-0.2, 0) is 21.4 Å². The number of benzene rings is 1. The number of nitrogens with zero attached hydrogens (tertiary/aromatic N) is 4. The van der Waals surface area contributed by atoms with Crippen LogP contribution in [-0.4, -0.2) is 65.5 Å². The maximum atomic E-state index is 13.1. The number of amides is 1. The zero-order valence-electron chi connectivity index (χ0n) is 20.6. The van der Waals surface area contributed by atoms with Crippen molar-refractivity contribution >= 4 is 27.7 Å². The van der Waals surface area contributed by atoms with Crippen molar-refractivity contribution in [3.05, 3.63) is 54.2 Å². The third-order valence-electron chi connectivity index (χ3n) is 6.88. The Morgan fingerprint density at radius 2 is 1.81 bits per heavy atom. The van der Waals surface area contributed by atoms with Crippen molar-refractivity contribution in [1.82, 2.24) is 19.5 Å². The Labute approximate surface area is 218 Å². The van der Waals surface area contributed by atoms with E-state index in [1.54, 1.807) is 19.1 Å². The summed E-state index contributed by atoms with van der Waals surface area (Å²) in [5.74, 6) is -0.199. The summed E-state index contributed by atoms with van der Waals surface area (Å²) in [6.07, 6.45) is 5.70. The van der Waals surface area contributed by atoms with E-state index in [0.29, 0.717) is 44.0 Å². The Morgan fingerprint density at radius 3 is 2.42 bits per heavy atom. The van der Waals surface area contributed by atoms with Crippen molar-refractivity contribution in [2.24, 2.45) is 0 Å². The number of thioether (sulfide) groups is 1. The molecule has 2 fully saturated rings. The zero-order chi connectivity index (χ0) is 25.6. The van der Waals surface area contributed by atoms with Gasteiger partial charge >= 0.3 is 0 Å². The number of piperazine rings is 1. The minimum absolute atomic E-state index is 0.158. The average Bonchev–Trinajstić information content (AvgIpc) is 2.90. The monoisotopic (exact) mass is 527 g/mol. The summed E-state index contributed by atoms with van der Waals surface area (Å²) in [6, 6.07) is 15.7. The second-order valence-corrected chi connectivity index (χ2v) is 12.8. The molecular weight excluding hydrogens is 494 g/mol. The summed E-state index contributed by atoms with van der Waals surface area (Å²) in [4.78, 5) is 19.5. The molecule has 0 bridgehead atoms. The van der Waals surface area contributed by atoms with Crippen LogP contribution < -0.4 is 5.32 Å². The summed E-state index contributed by atoms with van der Waals surface area (Å²) in [7, 11) is -3.63. The van der Waals surface area contributed by atoms with Crippen LogP contribution in [0.25, 0.3) is 0 Å². The van der Waals surface area contributed by atoms with E-state index in [-0.39, 0.29) is 10.8 Å². The molecule has 8 nitrogen and oxygen atoms in total. The van der Waals surface area contributed by atoms with Crippen molar-refractivity contribution in [1.29, 1.82) is 5.26 Å². The maximum absolute atomic E-state index is 13.1. The van der Waals surface area contributed by atoms with Crippen LogP contribution in [0.4, 0.5) is 0 Å². The highest BCUT2D eigenvalue weighted by molar-refractivity contribution is 8.00. The topological polar surface area (TPSA) is 106 Å². The van der Waals surface area contributed by atoms with Crippen LogP contribution in [0.1, 0.15) is 44.6 Å². The van der Waals surface area contributed by atoms with E-state index in [1.165, 1.54) is 27.8 Å². The fourth-order valence-electron chi connectivity index (χ4n) is 4.70. The third kappa shape index (κ3) is 6.45. The largest absolute Gasteiger partial charge is 0.337 e. The molecule has 1 saturated carbocycles. The molecule has 1 saturated heterocycles. The van der Waals surface area contributed by atoms with Crippen LogP contribution in [0, 0.1) is 11.3 Å². The molecule has 1 aromatic carbocycles. The van der Waals surface area contributed by atoms with Gasteiger partial charge in [0.25, 0.3) is 0 Å². The lowest BCUT2D eigenvalue weighted by Crippen LogP contribution is -2.50. The quantitative estimate of drug-likeness (QED) is 0.524. The first kappa shape index (κ1) is 26.6. The number of nitrogens with one attached hydrogen (secondary N) is 1. The molecule has 1 aromatic heterocycles. The van der Waals surface area contributed by atoms with Gasteiger partial charge in [-0.25, -0.2) is 13.4 Å². The molecule has 1 unspecified atom stereocenters. The van der Waals surface area contributed by atoms with Gasteiger partial charge in [0, 0.05) is 38.9 Å². The van der Waals surface area contributed by atoms with Crippen LogP contribution in [0.5, 0.6) is 0 Å². The van der Waals surface area contributed by atoms with E-state index in [1.807, 2.05) is 18.2 Å². The highest BCUT2D eigenvalue weighted by Gasteiger charge is 2.35. The summed E-state index contributed by atoms with van der Waals surface area (Å²) < 4.78 is 27.8. The molecule has 1 amide bonds. The fraction of sp³-hybridized carbons (Fsp3) is 0.500. The van der Waals surface area contributed by atoms with E-state index in [4.69, 9.17) is 0 Å². The normalized spacial score (nSPS) is 19.8. The van der Waals surface area contributed by atoms with Gasteiger partial charge in [-0.15, -0.1) is 0 Å². The predicted molar refractivity (Wildman–Crippen MR) is 140 cm³/mol. The first-order valence-electron chi connectivity index (χ1n) is 12.4. The van der Waals surface area contributed by atoms with E-state index >= 15 is 0 Å². The van der Waals surface area contributed by atoms with Crippen LogP contribution in [0.3, 0.4) is 0 Å². The van der Waals surface area contributed by atoms with Gasteiger partial charge in [0.05, 0.1) is 16.3 Å². The number of aromatic nitrogens is 1. The molecule has 1 N–H and O–H groups in total. The molecule has 0 spiro atoms. The number of nitriles is 1. The van der Waals surface area contributed by atoms with E-state index in [2.05, 4.69) is 33.4 Å². The van der Waals surface area contributed by atoms with E-state index in [0.717, 1.165) is 25.8 Å². The average molecular weight is 528 g/mol. The van der Waals surface area contributed by atoms with Crippen molar-refractivity contribution in [3.8, 4) is 6.07 Å². The number of carbonyl (C=O) groups excluding carboxylic acids is 1. The second kappa shape index (κ2) is 11.7. The third-order valence-corrected chi connectivity index (χ3v) is 9.81. The smallest absolute Gasteiger partial charge is 0.244 e. The Bertz CT molecular complexity index is 1170. The highest BCUT2D eigenvalue weighted by atomic mass is 32.2. The number of rotatable bonds is 8. The van der Waals surface area contributed by atoms with Crippen molar-refractivity contribution in [3.63, 3.8) is 0 Å². The first-order valence-corrected chi connectivity index (χ1v) is 14.8. The molecule has 1 aliphatic heterocycles. The SMILES string of the molecule is CC(Sc1ccc(S(=O)(=O)N2CCN(Cc3ccccc3)CC2)cn1)C(=O)NC1(C#N)CCCCC1. The zero-order valence-corrected chi connectivity index (χ0v) is 22.2. The fourth-order valence-corrected chi connectivity index (χ4v) is 6.86. The van der Waals surface area contributed by atoms with Gasteiger partial charge in [-0.3, -0.25) is 9.69 Å². The molecule has 2 aliphatic rings. The van der Waals surface area contributed by atoms with Gasteiger partial charge in [0.2, 0.25) is 15.9 Å². The van der Waals surface area contributed by atoms with Crippen molar-refractivity contribution < 1.29 is 13.2 Å². The Hall–Kier alpha value is -2.45. The number of hydrogen-bond acceptors (Lipinski definition) is 7. The first-order chi connectivity index (χ1) is 17.3. The summed E-state index contributed by atoms with van der Waals surface area (Å²) >= 11 is 1.26. The minimum atomic E-state index is -3.63. The molecule has 1 atom stereocenters. The van der Waals surface area contributed by atoms with E-state index in [9.17, 15) is 18.5 Å². The Kier molecular flexibility index (Phi) is 8.67. The number of hydrogen-bond donors (Lipinski definition) is 1. The lowest BCUT2D eigenvalue weighted by Gasteiger charge is -2.34. The molecule has 192 valence electrons. The molecule has 1 aliphatic carbocycles. The van der Waals surface area contributed by atoms with Gasteiger partial charge < -0.3 is 5.32 Å². The van der Waals surface area contributed by atoms with Crippen molar-refractivity contribution in [2.75, 3.05) is 26.2 Å². The van der Waals surface area contributed by atoms with Gasteiger partial charge in [0.1, 0.15) is 10.4 Å². The van der Waals surface area contributed by atoms with Crippen LogP contribution >= 0.6 is 11.8 Å². The second-order valence-electron chi connectivity index (χ2n) is 9.50. The molecule has 0 radical (unpaired) electrons. The minimum Gasteiger partial charge on any atom is -0.337 e. The summed E-state index contributed by atoms with van der Waals surface area (Å²) in [6.45, 7) is 4.80. The van der Waals surface area contributed by atoms with Gasteiger partial charge in [-0.1, -0.05) is 61.4 Å². The summed E-state index contributed by atoms with van der Waals surface area (Å²) in [5, 5.41) is 12.7. The summed E-state index contributed by atoms with van der Waals surface area (Å²) in [5.41, 5.74) is 0.441. The molecule has 2 aromatic rings. The molecule has 2 heterocycles. The molecule has 4 rings (SSSR count). The number of pyridine rings is 1. The number of carbonyl (C=O) groups is 1. The molecule has 36 heavy (non-hydrogen) atoms. The van der Waals surface area contributed by atoms with E-state index < -0.39 is 20.8 Å². The van der Waals surface area contributed by atoms with Crippen LogP contribution in [0.15, 0.2) is 58.6 Å². The maximum Gasteiger partial charge on any atom is 0.244 e. The van der Waals surface area contributed by atoms with Gasteiger partial charge in [0.15, 0.2) is 0 Å². The van der Waals surface area contributed by atoms with Crippen molar-refractivity contribution in [2.45, 2.75) is 66.3 Å². The van der Waals surface area contributed by atoms with Gasteiger partial charge in [-0.2, -0.15) is 9.57 Å². The molecular formula is C26H33N5O3S2. The Balaban J connectivity index is 1.31.